The SMILES string of the molecule is CCc1ccc2nc(N(Cc3ccncc3)C(=O)CCCSc3ccc(OC)cc3)sc2c1. The Morgan fingerprint density at radius 2 is 1.85 bits per heavy atom. The molecule has 0 atom stereocenters. The monoisotopic (exact) mass is 477 g/mol. The second kappa shape index (κ2) is 11.3. The summed E-state index contributed by atoms with van der Waals surface area (Å²) < 4.78 is 6.33. The Bertz CT molecular complexity index is 1190. The van der Waals surface area contributed by atoms with E-state index in [0.29, 0.717) is 13.0 Å². The summed E-state index contributed by atoms with van der Waals surface area (Å²) in [5, 5.41) is 0.753. The molecule has 0 saturated carbocycles. The summed E-state index contributed by atoms with van der Waals surface area (Å²) in [5.74, 6) is 1.82. The number of amides is 1. The van der Waals surface area contributed by atoms with Crippen LogP contribution in [0.4, 0.5) is 5.13 Å². The number of aromatic nitrogens is 2. The normalized spacial score (nSPS) is 11.0. The van der Waals surface area contributed by atoms with Gasteiger partial charge in [0.2, 0.25) is 5.91 Å². The van der Waals surface area contributed by atoms with E-state index in [1.165, 1.54) is 10.5 Å². The molecule has 2 aromatic carbocycles. The Morgan fingerprint density at radius 1 is 1.06 bits per heavy atom. The fourth-order valence-electron chi connectivity index (χ4n) is 3.45. The quantitative estimate of drug-likeness (QED) is 0.196. The Labute approximate surface area is 202 Å². The summed E-state index contributed by atoms with van der Waals surface area (Å²) in [6.45, 7) is 2.64. The van der Waals surface area contributed by atoms with E-state index in [1.54, 1.807) is 42.6 Å². The van der Waals surface area contributed by atoms with Gasteiger partial charge in [-0.25, -0.2) is 4.98 Å². The van der Waals surface area contributed by atoms with Crippen LogP contribution in [0.1, 0.15) is 30.9 Å². The van der Waals surface area contributed by atoms with Gasteiger partial charge in [0.05, 0.1) is 23.9 Å². The molecule has 4 aromatic rings. The van der Waals surface area contributed by atoms with Gasteiger partial charge in [0.1, 0.15) is 5.75 Å². The van der Waals surface area contributed by atoms with E-state index in [-0.39, 0.29) is 5.91 Å². The predicted octanol–water partition coefficient (Wildman–Crippen LogP) is 6.37. The molecule has 7 heteroatoms. The van der Waals surface area contributed by atoms with Crippen molar-refractivity contribution >= 4 is 44.4 Å². The smallest absolute Gasteiger partial charge is 0.229 e. The second-order valence-electron chi connectivity index (χ2n) is 7.61. The number of nitrogens with zero attached hydrogens (tertiary/aromatic N) is 3. The molecule has 2 aromatic heterocycles. The number of rotatable bonds is 10. The van der Waals surface area contributed by atoms with E-state index in [0.717, 1.165) is 45.3 Å². The number of thioether (sulfide) groups is 1. The van der Waals surface area contributed by atoms with Crippen molar-refractivity contribution in [2.24, 2.45) is 0 Å². The molecule has 0 aliphatic rings. The van der Waals surface area contributed by atoms with E-state index in [9.17, 15) is 4.79 Å². The molecule has 170 valence electrons. The Balaban J connectivity index is 1.45. The number of hydrogen-bond donors (Lipinski definition) is 0. The zero-order valence-corrected chi connectivity index (χ0v) is 20.5. The van der Waals surface area contributed by atoms with E-state index in [4.69, 9.17) is 9.72 Å². The average Bonchev–Trinajstić information content (AvgIpc) is 3.29. The zero-order valence-electron chi connectivity index (χ0n) is 18.9. The number of benzene rings is 2. The van der Waals surface area contributed by atoms with Crippen molar-refractivity contribution in [2.45, 2.75) is 37.6 Å². The van der Waals surface area contributed by atoms with E-state index in [2.05, 4.69) is 30.1 Å². The highest BCUT2D eigenvalue weighted by Gasteiger charge is 2.20. The van der Waals surface area contributed by atoms with E-state index < -0.39 is 0 Å². The first-order valence-corrected chi connectivity index (χ1v) is 12.8. The number of methoxy groups -OCH3 is 1. The summed E-state index contributed by atoms with van der Waals surface area (Å²) in [4.78, 5) is 25.2. The van der Waals surface area contributed by atoms with E-state index in [1.807, 2.05) is 41.3 Å². The molecular weight excluding hydrogens is 450 g/mol. The summed E-state index contributed by atoms with van der Waals surface area (Å²) in [5.41, 5.74) is 3.26. The third-order valence-corrected chi connectivity index (χ3v) is 7.47. The highest BCUT2D eigenvalue weighted by atomic mass is 32.2. The maximum absolute atomic E-state index is 13.3. The molecule has 0 fully saturated rings. The van der Waals surface area contributed by atoms with Gasteiger partial charge in [-0.05, 0) is 78.3 Å². The minimum Gasteiger partial charge on any atom is -0.497 e. The fourth-order valence-corrected chi connectivity index (χ4v) is 5.34. The first-order valence-electron chi connectivity index (χ1n) is 11.0. The van der Waals surface area contributed by atoms with Crippen LogP contribution in [0, 0.1) is 0 Å². The minimum absolute atomic E-state index is 0.0944. The van der Waals surface area contributed by atoms with Gasteiger partial charge in [-0.3, -0.25) is 14.7 Å². The van der Waals surface area contributed by atoms with Crippen molar-refractivity contribution in [2.75, 3.05) is 17.8 Å². The summed E-state index contributed by atoms with van der Waals surface area (Å²) in [6.07, 6.45) is 5.77. The Hall–Kier alpha value is -2.90. The van der Waals surface area contributed by atoms with Gasteiger partial charge < -0.3 is 4.74 Å². The second-order valence-corrected chi connectivity index (χ2v) is 9.79. The zero-order chi connectivity index (χ0) is 23.0. The van der Waals surface area contributed by atoms with Crippen LogP contribution in [0.25, 0.3) is 10.2 Å². The van der Waals surface area contributed by atoms with Crippen LogP contribution < -0.4 is 9.64 Å². The van der Waals surface area contributed by atoms with Crippen LogP contribution in [0.15, 0.2) is 71.9 Å². The van der Waals surface area contributed by atoms with Crippen molar-refractivity contribution < 1.29 is 9.53 Å². The van der Waals surface area contributed by atoms with Gasteiger partial charge in [-0.2, -0.15) is 0 Å². The number of hydrogen-bond acceptors (Lipinski definition) is 6. The Morgan fingerprint density at radius 3 is 2.58 bits per heavy atom. The van der Waals surface area contributed by atoms with E-state index >= 15 is 0 Å². The number of carbonyl (C=O) groups is 1. The molecule has 1 amide bonds. The molecule has 5 nitrogen and oxygen atoms in total. The number of carbonyl (C=O) groups excluding carboxylic acids is 1. The van der Waals surface area contributed by atoms with Crippen LogP contribution >= 0.6 is 23.1 Å². The summed E-state index contributed by atoms with van der Waals surface area (Å²) >= 11 is 3.34. The molecule has 0 unspecified atom stereocenters. The maximum atomic E-state index is 13.3. The van der Waals surface area contributed by atoms with Gasteiger partial charge in [-0.15, -0.1) is 11.8 Å². The molecular formula is C26H27N3O2S2. The van der Waals surface area contributed by atoms with Crippen molar-refractivity contribution in [3.63, 3.8) is 0 Å². The van der Waals surface area contributed by atoms with Crippen LogP contribution in [0.5, 0.6) is 5.75 Å². The first-order chi connectivity index (χ1) is 16.2. The summed E-state index contributed by atoms with van der Waals surface area (Å²) in [6, 6.07) is 18.2. The van der Waals surface area contributed by atoms with Crippen LogP contribution in [0.2, 0.25) is 0 Å². The van der Waals surface area contributed by atoms with Crippen molar-refractivity contribution in [3.05, 3.63) is 78.1 Å². The van der Waals surface area contributed by atoms with Crippen LogP contribution in [0.3, 0.4) is 0 Å². The molecule has 0 aliphatic carbocycles. The van der Waals surface area contributed by atoms with Gasteiger partial charge in [-0.1, -0.05) is 24.3 Å². The Kier molecular flexibility index (Phi) is 7.96. The van der Waals surface area contributed by atoms with Gasteiger partial charge in [0, 0.05) is 23.7 Å². The molecule has 0 aliphatic heterocycles. The van der Waals surface area contributed by atoms with Crippen molar-refractivity contribution in [3.8, 4) is 5.75 Å². The summed E-state index contributed by atoms with van der Waals surface area (Å²) in [7, 11) is 1.67. The predicted molar refractivity (Wildman–Crippen MR) is 137 cm³/mol. The third kappa shape index (κ3) is 6.12. The third-order valence-electron chi connectivity index (χ3n) is 5.33. The molecule has 0 bridgehead atoms. The molecule has 2 heterocycles. The van der Waals surface area contributed by atoms with Crippen LogP contribution in [-0.2, 0) is 17.8 Å². The van der Waals surface area contributed by atoms with Crippen LogP contribution in [-0.4, -0.2) is 28.7 Å². The molecule has 33 heavy (non-hydrogen) atoms. The molecule has 0 N–H and O–H groups in total. The number of ether oxygens (including phenoxy) is 1. The van der Waals surface area contributed by atoms with Gasteiger partial charge >= 0.3 is 0 Å². The number of thiazole rings is 1. The average molecular weight is 478 g/mol. The first kappa shape index (κ1) is 23.3. The van der Waals surface area contributed by atoms with Gasteiger partial charge in [0.15, 0.2) is 5.13 Å². The lowest BCUT2D eigenvalue weighted by molar-refractivity contribution is -0.118. The number of anilines is 1. The number of aryl methyl sites for hydroxylation is 1. The number of fused-ring (bicyclic) bond motifs is 1. The largest absolute Gasteiger partial charge is 0.497 e. The molecule has 0 spiro atoms. The van der Waals surface area contributed by atoms with Crippen molar-refractivity contribution in [1.29, 1.82) is 0 Å². The highest BCUT2D eigenvalue weighted by Crippen LogP contribution is 2.31. The lowest BCUT2D eigenvalue weighted by Gasteiger charge is -2.20. The number of pyridine rings is 1. The molecule has 0 saturated heterocycles. The lowest BCUT2D eigenvalue weighted by atomic mass is 10.2. The highest BCUT2D eigenvalue weighted by molar-refractivity contribution is 7.99. The van der Waals surface area contributed by atoms with Crippen molar-refractivity contribution in [1.82, 2.24) is 9.97 Å². The minimum atomic E-state index is 0.0944. The molecule has 4 rings (SSSR count). The fraction of sp³-hybridized carbons (Fsp3) is 0.269. The maximum Gasteiger partial charge on any atom is 0.229 e. The topological polar surface area (TPSA) is 55.3 Å². The lowest BCUT2D eigenvalue weighted by Crippen LogP contribution is -2.30. The van der Waals surface area contributed by atoms with Gasteiger partial charge in [0.25, 0.3) is 0 Å². The standard InChI is InChI=1S/C26H27N3O2S2/c1-3-19-6-11-23-24(17-19)33-26(28-23)29(18-20-12-14-27-15-13-20)25(30)5-4-16-32-22-9-7-21(31-2)8-10-22/h6-15,17H,3-5,16,18H2,1-2H3. The molecule has 0 radical (unpaired) electrons.